The van der Waals surface area contributed by atoms with E-state index < -0.39 is 0 Å². The Hall–Kier alpha value is -1.75. The fraction of sp³-hybridized carbons (Fsp3) is 0.588. The van der Waals surface area contributed by atoms with Gasteiger partial charge in [-0.05, 0) is 39.2 Å². The highest BCUT2D eigenvalue weighted by Gasteiger charge is 2.15. The van der Waals surface area contributed by atoms with Crippen LogP contribution in [0.5, 0.6) is 5.75 Å². The molecule has 1 aromatic carbocycles. The summed E-state index contributed by atoms with van der Waals surface area (Å²) in [5, 5.41) is 15.1. The maximum atomic E-state index is 12.0. The van der Waals surface area contributed by atoms with Crippen LogP contribution in [0.4, 0.5) is 4.79 Å². The van der Waals surface area contributed by atoms with E-state index in [9.17, 15) is 9.90 Å². The van der Waals surface area contributed by atoms with Gasteiger partial charge >= 0.3 is 6.03 Å². The van der Waals surface area contributed by atoms with E-state index in [2.05, 4.69) is 10.6 Å². The molecule has 0 saturated carbocycles. The molecule has 0 aliphatic heterocycles. The zero-order valence-corrected chi connectivity index (χ0v) is 14.1. The minimum atomic E-state index is -0.352. The number of carbonyl (C=O) groups is 1. The minimum Gasteiger partial charge on any atom is -0.496 e. The van der Waals surface area contributed by atoms with Gasteiger partial charge in [0.25, 0.3) is 0 Å². The molecule has 0 saturated heterocycles. The quantitative estimate of drug-likeness (QED) is 0.725. The van der Waals surface area contributed by atoms with Crippen LogP contribution in [0, 0.1) is 12.8 Å². The van der Waals surface area contributed by atoms with Crippen molar-refractivity contribution in [2.75, 3.05) is 13.7 Å². The van der Waals surface area contributed by atoms with E-state index in [-0.39, 0.29) is 24.1 Å². The summed E-state index contributed by atoms with van der Waals surface area (Å²) in [5.41, 5.74) is 2.07. The van der Waals surface area contributed by atoms with Gasteiger partial charge in [0.1, 0.15) is 5.75 Å². The van der Waals surface area contributed by atoms with Crippen LogP contribution in [0.15, 0.2) is 18.2 Å². The molecule has 5 heteroatoms. The predicted octanol–water partition coefficient (Wildman–Crippen LogP) is 2.77. The highest BCUT2D eigenvalue weighted by Crippen LogP contribution is 2.25. The van der Waals surface area contributed by atoms with Crippen molar-refractivity contribution in [3.63, 3.8) is 0 Å². The molecule has 0 heterocycles. The number of benzene rings is 1. The molecule has 1 rings (SSSR count). The molecule has 0 fully saturated rings. The molecule has 5 nitrogen and oxygen atoms in total. The molecule has 0 radical (unpaired) electrons. The highest BCUT2D eigenvalue weighted by molar-refractivity contribution is 5.74. The van der Waals surface area contributed by atoms with Gasteiger partial charge in [0, 0.05) is 12.1 Å². The lowest BCUT2D eigenvalue weighted by molar-refractivity contribution is 0.163. The van der Waals surface area contributed by atoms with Gasteiger partial charge in [-0.3, -0.25) is 0 Å². The van der Waals surface area contributed by atoms with Gasteiger partial charge in [-0.2, -0.15) is 0 Å². The van der Waals surface area contributed by atoms with Crippen LogP contribution >= 0.6 is 0 Å². The van der Waals surface area contributed by atoms with Crippen LogP contribution in [-0.2, 0) is 0 Å². The van der Waals surface area contributed by atoms with Gasteiger partial charge in [0.2, 0.25) is 0 Å². The van der Waals surface area contributed by atoms with Crippen molar-refractivity contribution in [2.45, 2.75) is 46.3 Å². The van der Waals surface area contributed by atoms with E-state index in [0.717, 1.165) is 16.9 Å². The van der Waals surface area contributed by atoms with Crippen molar-refractivity contribution < 1.29 is 14.6 Å². The first-order valence-corrected chi connectivity index (χ1v) is 7.70. The summed E-state index contributed by atoms with van der Waals surface area (Å²) in [4.78, 5) is 12.0. The minimum absolute atomic E-state index is 0.151. The normalized spacial score (nSPS) is 14.8. The SMILES string of the molecule is COc1ccc(C)cc1C(C)NC(=O)NCC(C)CC(C)O. The first kappa shape index (κ1) is 18.3. The zero-order chi connectivity index (χ0) is 16.7. The van der Waals surface area contributed by atoms with Crippen molar-refractivity contribution in [2.24, 2.45) is 5.92 Å². The average Bonchev–Trinajstić information content (AvgIpc) is 2.44. The van der Waals surface area contributed by atoms with Crippen LogP contribution in [0.1, 0.15) is 44.4 Å². The number of nitrogens with one attached hydrogen (secondary N) is 2. The topological polar surface area (TPSA) is 70.6 Å². The zero-order valence-electron chi connectivity index (χ0n) is 14.1. The van der Waals surface area contributed by atoms with Crippen LogP contribution in [0.2, 0.25) is 0 Å². The van der Waals surface area contributed by atoms with E-state index in [4.69, 9.17) is 4.74 Å². The number of rotatable bonds is 7. The highest BCUT2D eigenvalue weighted by atomic mass is 16.5. The molecule has 0 spiro atoms. The van der Waals surface area contributed by atoms with Gasteiger partial charge in [-0.15, -0.1) is 0 Å². The maximum Gasteiger partial charge on any atom is 0.315 e. The lowest BCUT2D eigenvalue weighted by Gasteiger charge is -2.19. The first-order chi connectivity index (χ1) is 10.3. The Morgan fingerprint density at radius 2 is 2.00 bits per heavy atom. The summed E-state index contributed by atoms with van der Waals surface area (Å²) in [6.45, 7) is 8.22. The maximum absolute atomic E-state index is 12.0. The predicted molar refractivity (Wildman–Crippen MR) is 88.1 cm³/mol. The molecule has 0 aromatic heterocycles. The number of aryl methyl sites for hydroxylation is 1. The third kappa shape index (κ3) is 5.93. The fourth-order valence-electron chi connectivity index (χ4n) is 2.45. The van der Waals surface area contributed by atoms with Crippen molar-refractivity contribution in [1.82, 2.24) is 10.6 Å². The molecule has 3 atom stereocenters. The van der Waals surface area contributed by atoms with E-state index >= 15 is 0 Å². The van der Waals surface area contributed by atoms with E-state index in [1.165, 1.54) is 0 Å². The Morgan fingerprint density at radius 1 is 1.32 bits per heavy atom. The second kappa shape index (κ2) is 8.63. The van der Waals surface area contributed by atoms with Crippen LogP contribution in [0.25, 0.3) is 0 Å². The molecule has 22 heavy (non-hydrogen) atoms. The molecular weight excluding hydrogens is 280 g/mol. The van der Waals surface area contributed by atoms with Crippen molar-refractivity contribution in [3.8, 4) is 5.75 Å². The summed E-state index contributed by atoms with van der Waals surface area (Å²) in [6.07, 6.45) is 0.317. The lowest BCUT2D eigenvalue weighted by atomic mass is 10.0. The van der Waals surface area contributed by atoms with Gasteiger partial charge in [0.15, 0.2) is 0 Å². The standard InChI is InChI=1S/C17H28N2O3/c1-11-6-7-16(22-5)15(9-11)14(4)19-17(21)18-10-12(2)8-13(3)20/h6-7,9,12-14,20H,8,10H2,1-5H3,(H2,18,19,21). The number of aliphatic hydroxyl groups is 1. The fourth-order valence-corrected chi connectivity index (χ4v) is 2.45. The summed E-state index contributed by atoms with van der Waals surface area (Å²) in [7, 11) is 1.62. The number of methoxy groups -OCH3 is 1. The molecule has 0 aliphatic carbocycles. The Morgan fingerprint density at radius 3 is 2.59 bits per heavy atom. The number of ether oxygens (including phenoxy) is 1. The smallest absolute Gasteiger partial charge is 0.315 e. The summed E-state index contributed by atoms with van der Waals surface area (Å²) in [5.74, 6) is 0.996. The molecule has 3 unspecified atom stereocenters. The first-order valence-electron chi connectivity index (χ1n) is 7.70. The number of amides is 2. The van der Waals surface area contributed by atoms with E-state index in [0.29, 0.717) is 13.0 Å². The second-order valence-electron chi connectivity index (χ2n) is 6.01. The number of carbonyl (C=O) groups excluding carboxylic acids is 1. The summed E-state index contributed by atoms with van der Waals surface area (Å²) >= 11 is 0. The summed E-state index contributed by atoms with van der Waals surface area (Å²) in [6, 6.07) is 5.54. The van der Waals surface area contributed by atoms with Gasteiger partial charge in [0.05, 0.1) is 19.3 Å². The van der Waals surface area contributed by atoms with Crippen molar-refractivity contribution in [1.29, 1.82) is 0 Å². The molecule has 0 bridgehead atoms. The third-order valence-electron chi connectivity index (χ3n) is 3.55. The third-order valence-corrected chi connectivity index (χ3v) is 3.55. The van der Waals surface area contributed by atoms with Crippen LogP contribution in [-0.4, -0.2) is 30.9 Å². The van der Waals surface area contributed by atoms with Gasteiger partial charge in [-0.25, -0.2) is 4.79 Å². The molecule has 0 aliphatic rings. The molecule has 2 amide bonds. The van der Waals surface area contributed by atoms with Gasteiger partial charge < -0.3 is 20.5 Å². The number of urea groups is 1. The molecule has 3 N–H and O–H groups in total. The number of aliphatic hydroxyl groups excluding tert-OH is 1. The second-order valence-corrected chi connectivity index (χ2v) is 6.01. The molecule has 1 aromatic rings. The van der Waals surface area contributed by atoms with E-state index in [1.807, 2.05) is 39.0 Å². The Balaban J connectivity index is 2.55. The van der Waals surface area contributed by atoms with E-state index in [1.54, 1.807) is 14.0 Å². The Bertz CT molecular complexity index is 489. The average molecular weight is 308 g/mol. The van der Waals surface area contributed by atoms with Crippen molar-refractivity contribution in [3.05, 3.63) is 29.3 Å². The molecule has 124 valence electrons. The van der Waals surface area contributed by atoms with Crippen molar-refractivity contribution >= 4 is 6.03 Å². The Kier molecular flexibility index (Phi) is 7.18. The van der Waals surface area contributed by atoms with Gasteiger partial charge in [-0.1, -0.05) is 24.6 Å². The van der Waals surface area contributed by atoms with Crippen LogP contribution < -0.4 is 15.4 Å². The monoisotopic (exact) mass is 308 g/mol. The largest absolute Gasteiger partial charge is 0.496 e. The Labute approximate surface area is 133 Å². The number of hydrogen-bond acceptors (Lipinski definition) is 3. The summed E-state index contributed by atoms with van der Waals surface area (Å²) < 4.78 is 5.35. The van der Waals surface area contributed by atoms with Crippen LogP contribution in [0.3, 0.4) is 0 Å². The number of hydrogen-bond donors (Lipinski definition) is 3. The molecular formula is C17H28N2O3. The lowest BCUT2D eigenvalue weighted by Crippen LogP contribution is -2.39.